The molecule has 5 heteroatoms. The van der Waals surface area contributed by atoms with Crippen molar-refractivity contribution >= 4 is 11.6 Å². The van der Waals surface area contributed by atoms with Crippen LogP contribution in [-0.2, 0) is 17.8 Å². The Morgan fingerprint density at radius 2 is 2.00 bits per heavy atom. The second-order valence-corrected chi connectivity index (χ2v) is 5.75. The summed E-state index contributed by atoms with van der Waals surface area (Å²) in [5.41, 5.74) is 4.05. The minimum absolute atomic E-state index is 0.118. The predicted octanol–water partition coefficient (Wildman–Crippen LogP) is 3.40. The van der Waals surface area contributed by atoms with Crippen LogP contribution in [-0.4, -0.2) is 22.2 Å². The molecule has 0 aliphatic rings. The van der Waals surface area contributed by atoms with Gasteiger partial charge in [0.25, 0.3) is 0 Å². The smallest absolute Gasteiger partial charge is 0.227 e. The number of rotatable bonds is 7. The number of carbonyl (C=O) groups is 1. The van der Waals surface area contributed by atoms with Crippen LogP contribution in [0, 0.1) is 25.2 Å². The second kappa shape index (κ2) is 8.30. The van der Waals surface area contributed by atoms with Gasteiger partial charge in [0.15, 0.2) is 0 Å². The molecule has 0 unspecified atom stereocenters. The van der Waals surface area contributed by atoms with Gasteiger partial charge in [-0.2, -0.15) is 10.4 Å². The molecule has 0 bridgehead atoms. The van der Waals surface area contributed by atoms with E-state index in [4.69, 9.17) is 5.26 Å². The van der Waals surface area contributed by atoms with Crippen LogP contribution >= 0.6 is 0 Å². The minimum Gasteiger partial charge on any atom is -0.313 e. The van der Waals surface area contributed by atoms with Crippen LogP contribution < -0.4 is 4.90 Å². The van der Waals surface area contributed by atoms with Crippen LogP contribution in [0.5, 0.6) is 0 Å². The Morgan fingerprint density at radius 3 is 2.62 bits per heavy atom. The van der Waals surface area contributed by atoms with Gasteiger partial charge in [0.05, 0.1) is 24.7 Å². The maximum atomic E-state index is 12.6. The molecular formula is C19H24N4O. The third-order valence-electron chi connectivity index (χ3n) is 4.24. The van der Waals surface area contributed by atoms with Gasteiger partial charge in [0, 0.05) is 24.3 Å². The predicted molar refractivity (Wildman–Crippen MR) is 94.7 cm³/mol. The van der Waals surface area contributed by atoms with E-state index < -0.39 is 0 Å². The molecule has 2 aromatic rings. The molecule has 1 aromatic heterocycles. The summed E-state index contributed by atoms with van der Waals surface area (Å²) in [6, 6.07) is 11.9. The standard InChI is InChI=1S/C19H24N4O/c1-4-22(17-9-6-5-7-10-17)19(24)12-11-18-15(2)21-23(16(18)3)14-8-13-20/h5-7,9-10H,4,8,11-12,14H2,1-3H3. The van der Waals surface area contributed by atoms with E-state index >= 15 is 0 Å². The molecule has 0 saturated heterocycles. The lowest BCUT2D eigenvalue weighted by Crippen LogP contribution is -2.30. The van der Waals surface area contributed by atoms with Crippen molar-refractivity contribution in [3.8, 4) is 6.07 Å². The number of nitriles is 1. The Kier molecular flexibility index (Phi) is 6.14. The lowest BCUT2D eigenvalue weighted by Gasteiger charge is -2.21. The molecule has 0 aliphatic heterocycles. The highest BCUT2D eigenvalue weighted by Crippen LogP contribution is 2.18. The summed E-state index contributed by atoms with van der Waals surface area (Å²) in [4.78, 5) is 14.4. The van der Waals surface area contributed by atoms with Gasteiger partial charge < -0.3 is 4.90 Å². The summed E-state index contributed by atoms with van der Waals surface area (Å²) < 4.78 is 1.87. The first-order chi connectivity index (χ1) is 11.6. The summed E-state index contributed by atoms with van der Waals surface area (Å²) in [5, 5.41) is 13.2. The van der Waals surface area contributed by atoms with Crippen molar-refractivity contribution in [2.24, 2.45) is 0 Å². The zero-order chi connectivity index (χ0) is 17.5. The molecule has 0 spiro atoms. The number of aryl methyl sites for hydroxylation is 2. The van der Waals surface area contributed by atoms with Gasteiger partial charge in [-0.25, -0.2) is 0 Å². The van der Waals surface area contributed by atoms with Crippen molar-refractivity contribution in [2.45, 2.75) is 46.6 Å². The molecule has 0 aliphatic carbocycles. The molecule has 1 heterocycles. The molecule has 0 saturated carbocycles. The number of anilines is 1. The van der Waals surface area contributed by atoms with Crippen molar-refractivity contribution < 1.29 is 4.79 Å². The summed E-state index contributed by atoms with van der Waals surface area (Å²) in [6.07, 6.45) is 1.57. The largest absolute Gasteiger partial charge is 0.313 e. The number of amides is 1. The third kappa shape index (κ3) is 4.02. The van der Waals surface area contributed by atoms with Crippen LogP contribution in [0.15, 0.2) is 30.3 Å². The summed E-state index contributed by atoms with van der Waals surface area (Å²) >= 11 is 0. The van der Waals surface area contributed by atoms with Gasteiger partial charge in [-0.05, 0) is 44.9 Å². The maximum absolute atomic E-state index is 12.6. The Morgan fingerprint density at radius 1 is 1.29 bits per heavy atom. The van der Waals surface area contributed by atoms with E-state index in [1.165, 1.54) is 0 Å². The Bertz CT molecular complexity index is 728. The molecule has 2 rings (SSSR count). The van der Waals surface area contributed by atoms with E-state index in [2.05, 4.69) is 11.2 Å². The summed E-state index contributed by atoms with van der Waals surface area (Å²) in [6.45, 7) is 7.21. The van der Waals surface area contributed by atoms with Crippen LogP contribution in [0.4, 0.5) is 5.69 Å². The molecule has 5 nitrogen and oxygen atoms in total. The Labute approximate surface area is 143 Å². The molecule has 24 heavy (non-hydrogen) atoms. The first kappa shape index (κ1) is 17.7. The van der Waals surface area contributed by atoms with Crippen molar-refractivity contribution in [1.29, 1.82) is 5.26 Å². The van der Waals surface area contributed by atoms with Crippen LogP contribution in [0.2, 0.25) is 0 Å². The molecule has 0 fully saturated rings. The van der Waals surface area contributed by atoms with Crippen molar-refractivity contribution in [3.63, 3.8) is 0 Å². The average Bonchev–Trinajstić information content (AvgIpc) is 2.86. The molecular weight excluding hydrogens is 300 g/mol. The van der Waals surface area contributed by atoms with Gasteiger partial charge in [0.1, 0.15) is 0 Å². The number of aromatic nitrogens is 2. The average molecular weight is 324 g/mol. The monoisotopic (exact) mass is 324 g/mol. The normalized spacial score (nSPS) is 10.4. The SMILES string of the molecule is CCN(C(=O)CCc1c(C)nn(CCC#N)c1C)c1ccccc1. The summed E-state index contributed by atoms with van der Waals surface area (Å²) in [7, 11) is 0. The van der Waals surface area contributed by atoms with Crippen LogP contribution in [0.25, 0.3) is 0 Å². The van der Waals surface area contributed by atoms with Crippen LogP contribution in [0.3, 0.4) is 0 Å². The number of nitrogens with zero attached hydrogens (tertiary/aromatic N) is 4. The van der Waals surface area contributed by atoms with Crippen molar-refractivity contribution in [3.05, 3.63) is 47.3 Å². The summed E-state index contributed by atoms with van der Waals surface area (Å²) in [5.74, 6) is 0.118. The second-order valence-electron chi connectivity index (χ2n) is 5.75. The number of hydrogen-bond donors (Lipinski definition) is 0. The number of para-hydroxylation sites is 1. The van der Waals surface area contributed by atoms with E-state index in [0.717, 1.165) is 22.6 Å². The Balaban J connectivity index is 2.06. The third-order valence-corrected chi connectivity index (χ3v) is 4.24. The zero-order valence-corrected chi connectivity index (χ0v) is 14.6. The molecule has 1 aromatic carbocycles. The molecule has 0 N–H and O–H groups in total. The van der Waals surface area contributed by atoms with E-state index in [9.17, 15) is 4.79 Å². The first-order valence-corrected chi connectivity index (χ1v) is 8.33. The zero-order valence-electron chi connectivity index (χ0n) is 14.6. The first-order valence-electron chi connectivity index (χ1n) is 8.33. The lowest BCUT2D eigenvalue weighted by molar-refractivity contribution is -0.118. The van der Waals surface area contributed by atoms with E-state index in [1.54, 1.807) is 0 Å². The van der Waals surface area contributed by atoms with Gasteiger partial charge >= 0.3 is 0 Å². The van der Waals surface area contributed by atoms with Crippen molar-refractivity contribution in [1.82, 2.24) is 9.78 Å². The fourth-order valence-electron chi connectivity index (χ4n) is 2.95. The number of benzene rings is 1. The topological polar surface area (TPSA) is 61.9 Å². The Hall–Kier alpha value is -2.61. The quantitative estimate of drug-likeness (QED) is 0.784. The van der Waals surface area contributed by atoms with Gasteiger partial charge in [-0.1, -0.05) is 18.2 Å². The lowest BCUT2D eigenvalue weighted by atomic mass is 10.1. The number of hydrogen-bond acceptors (Lipinski definition) is 3. The fourth-order valence-corrected chi connectivity index (χ4v) is 2.95. The van der Waals surface area contributed by atoms with E-state index in [0.29, 0.717) is 32.4 Å². The van der Waals surface area contributed by atoms with Gasteiger partial charge in [-0.15, -0.1) is 0 Å². The fraction of sp³-hybridized carbons (Fsp3) is 0.421. The maximum Gasteiger partial charge on any atom is 0.227 e. The highest BCUT2D eigenvalue weighted by molar-refractivity contribution is 5.93. The number of carbonyl (C=O) groups excluding carboxylic acids is 1. The van der Waals surface area contributed by atoms with Gasteiger partial charge in [-0.3, -0.25) is 9.48 Å². The van der Waals surface area contributed by atoms with Gasteiger partial charge in [0.2, 0.25) is 5.91 Å². The molecule has 0 atom stereocenters. The van der Waals surface area contributed by atoms with E-state index in [-0.39, 0.29) is 5.91 Å². The van der Waals surface area contributed by atoms with Crippen LogP contribution in [0.1, 0.15) is 36.7 Å². The molecule has 1 amide bonds. The molecule has 0 radical (unpaired) electrons. The van der Waals surface area contributed by atoms with Crippen molar-refractivity contribution in [2.75, 3.05) is 11.4 Å². The molecule has 126 valence electrons. The highest BCUT2D eigenvalue weighted by Gasteiger charge is 2.17. The minimum atomic E-state index is 0.118. The van der Waals surface area contributed by atoms with E-state index in [1.807, 2.05) is 60.7 Å². The highest BCUT2D eigenvalue weighted by atomic mass is 16.2.